The van der Waals surface area contributed by atoms with E-state index in [2.05, 4.69) is 9.55 Å². The van der Waals surface area contributed by atoms with Gasteiger partial charge in [-0.25, -0.2) is 4.79 Å². The lowest BCUT2D eigenvalue weighted by Crippen LogP contribution is -2.37. The number of aryl methyl sites for hydroxylation is 2. The number of hydrogen-bond acceptors (Lipinski definition) is 4. The first-order valence-electron chi connectivity index (χ1n) is 8.17. The Bertz CT molecular complexity index is 1080. The first kappa shape index (κ1) is 15.2. The van der Waals surface area contributed by atoms with Crippen molar-refractivity contribution < 1.29 is 4.74 Å². The fraction of sp³-hybridized carbons (Fsp3) is 0.562. The second-order valence-corrected chi connectivity index (χ2v) is 6.54. The fourth-order valence-electron chi connectivity index (χ4n) is 3.60. The van der Waals surface area contributed by atoms with Crippen molar-refractivity contribution in [2.45, 2.75) is 39.3 Å². The summed E-state index contributed by atoms with van der Waals surface area (Å²) in [7, 11) is 3.14. The molecule has 0 N–H and O–H groups in total. The average Bonchev–Trinajstić information content (AvgIpc) is 3.25. The Morgan fingerprint density at radius 1 is 1.17 bits per heavy atom. The van der Waals surface area contributed by atoms with Crippen LogP contribution in [0.4, 0.5) is 0 Å². The molecule has 0 bridgehead atoms. The highest BCUT2D eigenvalue weighted by atomic mass is 16.5. The quantitative estimate of drug-likeness (QED) is 0.685. The van der Waals surface area contributed by atoms with Gasteiger partial charge in [0.25, 0.3) is 5.56 Å². The predicted molar refractivity (Wildman–Crippen MR) is 89.6 cm³/mol. The molecule has 0 aromatic carbocycles. The number of hydrogen-bond donors (Lipinski definition) is 0. The van der Waals surface area contributed by atoms with Crippen molar-refractivity contribution in [1.29, 1.82) is 0 Å². The fourth-order valence-corrected chi connectivity index (χ4v) is 3.60. The van der Waals surface area contributed by atoms with E-state index in [1.807, 2.05) is 18.2 Å². The summed E-state index contributed by atoms with van der Waals surface area (Å²) in [6.45, 7) is 5.50. The van der Waals surface area contributed by atoms with Gasteiger partial charge in [0.05, 0.1) is 12.6 Å². The van der Waals surface area contributed by atoms with Gasteiger partial charge in [-0.2, -0.15) is 4.98 Å². The van der Waals surface area contributed by atoms with E-state index in [1.54, 1.807) is 7.05 Å². The molecule has 1 aliphatic heterocycles. The lowest BCUT2D eigenvalue weighted by molar-refractivity contribution is 0.0974. The molecule has 3 aromatic rings. The van der Waals surface area contributed by atoms with Crippen molar-refractivity contribution in [3.05, 3.63) is 32.2 Å². The maximum Gasteiger partial charge on any atom is 0.332 e. The topological polar surface area (TPSA) is 75.5 Å². The average molecular weight is 331 g/mol. The Morgan fingerprint density at radius 3 is 2.58 bits per heavy atom. The molecule has 0 unspecified atom stereocenters. The lowest BCUT2D eigenvalue weighted by Gasteiger charge is -2.12. The van der Waals surface area contributed by atoms with Crippen molar-refractivity contribution in [3.63, 3.8) is 0 Å². The molecular formula is C16H21N5O3. The van der Waals surface area contributed by atoms with Crippen LogP contribution in [0.1, 0.15) is 24.2 Å². The SMILES string of the molecule is Cc1c(C)n2c3c(=O)n(C)c(=O)n(C)c3nc2n1C[C@H]1CCCO1. The van der Waals surface area contributed by atoms with Gasteiger partial charge in [0, 0.05) is 32.1 Å². The third-order valence-electron chi connectivity index (χ3n) is 5.16. The molecule has 1 aliphatic rings. The van der Waals surface area contributed by atoms with Gasteiger partial charge in [0.2, 0.25) is 5.78 Å². The normalized spacial score (nSPS) is 18.2. The second-order valence-electron chi connectivity index (χ2n) is 6.54. The number of imidazole rings is 2. The van der Waals surface area contributed by atoms with Crippen LogP contribution in [0.3, 0.4) is 0 Å². The van der Waals surface area contributed by atoms with Gasteiger partial charge in [-0.05, 0) is 26.7 Å². The van der Waals surface area contributed by atoms with E-state index in [9.17, 15) is 9.59 Å². The Hall–Kier alpha value is -2.35. The van der Waals surface area contributed by atoms with Crippen LogP contribution in [-0.2, 0) is 25.4 Å². The Balaban J connectivity index is 2.07. The highest BCUT2D eigenvalue weighted by molar-refractivity contribution is 5.76. The summed E-state index contributed by atoms with van der Waals surface area (Å²) in [6.07, 6.45) is 2.28. The molecule has 1 fully saturated rings. The molecule has 128 valence electrons. The molecule has 4 heterocycles. The van der Waals surface area contributed by atoms with E-state index in [1.165, 1.54) is 11.6 Å². The van der Waals surface area contributed by atoms with E-state index < -0.39 is 0 Å². The number of ether oxygens (including phenoxy) is 1. The first-order chi connectivity index (χ1) is 11.4. The van der Waals surface area contributed by atoms with Crippen LogP contribution in [-0.4, -0.2) is 35.8 Å². The molecule has 8 nitrogen and oxygen atoms in total. The summed E-state index contributed by atoms with van der Waals surface area (Å²) in [6, 6.07) is 0. The molecule has 4 rings (SSSR count). The van der Waals surface area contributed by atoms with Crippen LogP contribution < -0.4 is 11.2 Å². The standard InChI is InChI=1S/C16H21N5O3/c1-9-10(2)21-12-13(18(3)16(23)19(4)14(12)22)17-15(21)20(9)8-11-6-5-7-24-11/h11H,5-8H2,1-4H3/t11-/m1/s1. The first-order valence-corrected chi connectivity index (χ1v) is 8.17. The molecule has 8 heteroatoms. The summed E-state index contributed by atoms with van der Waals surface area (Å²) in [5.41, 5.74) is 2.20. The summed E-state index contributed by atoms with van der Waals surface area (Å²) >= 11 is 0. The van der Waals surface area contributed by atoms with Crippen LogP contribution in [0, 0.1) is 13.8 Å². The molecule has 0 saturated carbocycles. The maximum absolute atomic E-state index is 12.6. The molecular weight excluding hydrogens is 310 g/mol. The zero-order chi connectivity index (χ0) is 17.2. The smallest absolute Gasteiger partial charge is 0.332 e. The van der Waals surface area contributed by atoms with Gasteiger partial charge < -0.3 is 9.30 Å². The second kappa shape index (κ2) is 5.07. The van der Waals surface area contributed by atoms with E-state index in [4.69, 9.17) is 4.74 Å². The third kappa shape index (κ3) is 1.86. The monoisotopic (exact) mass is 331 g/mol. The van der Waals surface area contributed by atoms with Gasteiger partial charge in [-0.3, -0.25) is 18.3 Å². The molecule has 1 atom stereocenters. The van der Waals surface area contributed by atoms with Crippen molar-refractivity contribution >= 4 is 16.9 Å². The number of rotatable bonds is 2. The van der Waals surface area contributed by atoms with Crippen LogP contribution in [0.2, 0.25) is 0 Å². The Kier molecular flexibility index (Phi) is 3.21. The molecule has 0 spiro atoms. The van der Waals surface area contributed by atoms with Crippen molar-refractivity contribution in [2.75, 3.05) is 6.61 Å². The Labute approximate surface area is 137 Å². The summed E-state index contributed by atoms with van der Waals surface area (Å²) in [4.78, 5) is 29.4. The van der Waals surface area contributed by atoms with Crippen LogP contribution in [0.15, 0.2) is 9.59 Å². The molecule has 1 saturated heterocycles. The zero-order valence-corrected chi connectivity index (χ0v) is 14.4. The molecule has 3 aromatic heterocycles. The van der Waals surface area contributed by atoms with E-state index >= 15 is 0 Å². The van der Waals surface area contributed by atoms with Gasteiger partial charge in [-0.15, -0.1) is 0 Å². The molecule has 24 heavy (non-hydrogen) atoms. The van der Waals surface area contributed by atoms with E-state index in [0.717, 1.165) is 35.4 Å². The summed E-state index contributed by atoms with van der Waals surface area (Å²) < 4.78 is 12.3. The van der Waals surface area contributed by atoms with Gasteiger partial charge >= 0.3 is 5.69 Å². The number of fused-ring (bicyclic) bond motifs is 3. The number of aromatic nitrogens is 5. The van der Waals surface area contributed by atoms with E-state index in [-0.39, 0.29) is 17.4 Å². The van der Waals surface area contributed by atoms with Gasteiger partial charge in [-0.1, -0.05) is 0 Å². The van der Waals surface area contributed by atoms with Crippen molar-refractivity contribution in [1.82, 2.24) is 23.1 Å². The minimum Gasteiger partial charge on any atom is -0.376 e. The largest absolute Gasteiger partial charge is 0.376 e. The molecule has 0 aliphatic carbocycles. The van der Waals surface area contributed by atoms with Crippen LogP contribution >= 0.6 is 0 Å². The minimum absolute atomic E-state index is 0.172. The summed E-state index contributed by atoms with van der Waals surface area (Å²) in [5, 5.41) is 0. The van der Waals surface area contributed by atoms with Crippen molar-refractivity contribution in [2.24, 2.45) is 14.1 Å². The predicted octanol–water partition coefficient (Wildman–Crippen LogP) is 0.482. The van der Waals surface area contributed by atoms with Gasteiger partial charge in [0.1, 0.15) is 0 Å². The highest BCUT2D eigenvalue weighted by Gasteiger charge is 2.24. The van der Waals surface area contributed by atoms with E-state index in [0.29, 0.717) is 23.5 Å². The maximum atomic E-state index is 12.6. The summed E-state index contributed by atoms with van der Waals surface area (Å²) in [5.74, 6) is 0.689. The van der Waals surface area contributed by atoms with Crippen molar-refractivity contribution in [3.8, 4) is 0 Å². The number of nitrogens with zero attached hydrogens (tertiary/aromatic N) is 5. The molecule has 0 amide bonds. The van der Waals surface area contributed by atoms with Crippen LogP contribution in [0.25, 0.3) is 16.9 Å². The lowest BCUT2D eigenvalue weighted by atomic mass is 10.2. The molecule has 0 radical (unpaired) electrons. The minimum atomic E-state index is -0.367. The zero-order valence-electron chi connectivity index (χ0n) is 14.4. The van der Waals surface area contributed by atoms with Crippen LogP contribution in [0.5, 0.6) is 0 Å². The third-order valence-corrected chi connectivity index (χ3v) is 5.16. The highest BCUT2D eigenvalue weighted by Crippen LogP contribution is 2.23. The Morgan fingerprint density at radius 2 is 1.92 bits per heavy atom. The van der Waals surface area contributed by atoms with Gasteiger partial charge in [0.15, 0.2) is 11.2 Å².